The minimum absolute atomic E-state index is 0.0105. The molecule has 2 heterocycles. The van der Waals surface area contributed by atoms with Gasteiger partial charge >= 0.3 is 0 Å². The Labute approximate surface area is 232 Å². The van der Waals surface area contributed by atoms with E-state index in [1.54, 1.807) is 0 Å². The molecule has 0 saturated heterocycles. The second-order valence-corrected chi connectivity index (χ2v) is 12.8. The first-order valence-electron chi connectivity index (χ1n) is 13.9. The van der Waals surface area contributed by atoms with E-state index in [-0.39, 0.29) is 11.5 Å². The smallest absolute Gasteiger partial charge is 0.0794 e. The van der Waals surface area contributed by atoms with Gasteiger partial charge in [-0.05, 0) is 68.4 Å². The Bertz CT molecular complexity index is 2020. The van der Waals surface area contributed by atoms with Gasteiger partial charge in [-0.3, -0.25) is 0 Å². The molecule has 2 heteroatoms. The average molecular weight is 518 g/mol. The summed E-state index contributed by atoms with van der Waals surface area (Å²) in [5.74, 6) is 0.338. The highest BCUT2D eigenvalue weighted by Gasteiger charge is 2.44. The van der Waals surface area contributed by atoms with Crippen molar-refractivity contribution in [1.82, 2.24) is 0 Å². The molecule has 0 bridgehead atoms. The molecule has 0 N–H and O–H groups in total. The fourth-order valence-corrected chi connectivity index (χ4v) is 8.93. The van der Waals surface area contributed by atoms with Crippen molar-refractivity contribution in [3.05, 3.63) is 136 Å². The Kier molecular flexibility index (Phi) is 4.18. The van der Waals surface area contributed by atoms with E-state index in [1.807, 2.05) is 11.3 Å². The number of hydrogen-bond acceptors (Lipinski definition) is 2. The quantitative estimate of drug-likeness (QED) is 0.210. The normalized spacial score (nSPS) is 19.6. The number of anilines is 2. The van der Waals surface area contributed by atoms with Crippen molar-refractivity contribution in [2.24, 2.45) is 0 Å². The summed E-state index contributed by atoms with van der Waals surface area (Å²) in [4.78, 5) is 4.10. The first-order chi connectivity index (χ1) is 19.1. The van der Waals surface area contributed by atoms with Gasteiger partial charge in [0.15, 0.2) is 0 Å². The van der Waals surface area contributed by atoms with Crippen LogP contribution < -0.4 is 4.90 Å². The summed E-state index contributed by atoms with van der Waals surface area (Å²) >= 11 is 2.00. The zero-order valence-corrected chi connectivity index (χ0v) is 22.8. The molecule has 39 heavy (non-hydrogen) atoms. The van der Waals surface area contributed by atoms with Gasteiger partial charge in [0.05, 0.1) is 6.04 Å². The molecule has 0 amide bonds. The number of benzene rings is 5. The fraction of sp³-hybridized carbons (Fsp3) is 0.135. The van der Waals surface area contributed by atoms with Gasteiger partial charge in [0.25, 0.3) is 0 Å². The number of nitrogens with zero attached hydrogens (tertiary/aromatic N) is 1. The molecule has 1 nitrogen and oxygen atoms in total. The third-order valence-electron chi connectivity index (χ3n) is 9.39. The third kappa shape index (κ3) is 2.75. The molecule has 0 saturated carbocycles. The molecular formula is C37H27NS. The predicted octanol–water partition coefficient (Wildman–Crippen LogP) is 10.4. The fourth-order valence-electron chi connectivity index (χ4n) is 7.59. The summed E-state index contributed by atoms with van der Waals surface area (Å²) in [5, 5.41) is 4.01. The SMILES string of the molecule is CC1(C)c2ccccc2-c2c1ccc1sc3c(c21)C=CC1c2ccccc2N(c2ccc4ccccc4c2)[C@H]31. The lowest BCUT2D eigenvalue weighted by molar-refractivity contribution is 0.661. The summed E-state index contributed by atoms with van der Waals surface area (Å²) in [6.07, 6.45) is 4.91. The van der Waals surface area contributed by atoms with Crippen LogP contribution in [0.5, 0.6) is 0 Å². The average Bonchev–Trinajstić information content (AvgIpc) is 3.59. The van der Waals surface area contributed by atoms with E-state index in [2.05, 4.69) is 134 Å². The second kappa shape index (κ2) is 7.49. The van der Waals surface area contributed by atoms with Crippen LogP contribution in [0.4, 0.5) is 11.4 Å². The van der Waals surface area contributed by atoms with Crippen LogP contribution in [0.15, 0.2) is 109 Å². The van der Waals surface area contributed by atoms with Gasteiger partial charge in [-0.25, -0.2) is 0 Å². The van der Waals surface area contributed by atoms with Gasteiger partial charge in [0.1, 0.15) is 0 Å². The van der Waals surface area contributed by atoms with E-state index in [0.29, 0.717) is 5.92 Å². The highest BCUT2D eigenvalue weighted by atomic mass is 32.1. The lowest BCUT2D eigenvalue weighted by Gasteiger charge is -2.32. The maximum atomic E-state index is 2.61. The lowest BCUT2D eigenvalue weighted by Crippen LogP contribution is -2.22. The van der Waals surface area contributed by atoms with Crippen LogP contribution >= 0.6 is 11.3 Å². The minimum Gasteiger partial charge on any atom is -0.332 e. The maximum Gasteiger partial charge on any atom is 0.0794 e. The first kappa shape index (κ1) is 21.8. The summed E-state index contributed by atoms with van der Waals surface area (Å²) in [7, 11) is 0. The van der Waals surface area contributed by atoms with Crippen LogP contribution in [0.2, 0.25) is 0 Å². The summed E-state index contributed by atoms with van der Waals surface area (Å²) in [6, 6.07) is 38.7. The molecule has 186 valence electrons. The Balaban J connectivity index is 1.31. The predicted molar refractivity (Wildman–Crippen MR) is 166 cm³/mol. The number of thiophene rings is 1. The summed E-state index contributed by atoms with van der Waals surface area (Å²) < 4.78 is 1.39. The van der Waals surface area contributed by atoms with Crippen molar-refractivity contribution in [2.45, 2.75) is 31.2 Å². The molecular weight excluding hydrogens is 490 g/mol. The van der Waals surface area contributed by atoms with Crippen LogP contribution in [-0.2, 0) is 5.41 Å². The third-order valence-corrected chi connectivity index (χ3v) is 10.6. The first-order valence-corrected chi connectivity index (χ1v) is 14.7. The number of rotatable bonds is 1. The van der Waals surface area contributed by atoms with Crippen molar-refractivity contribution in [3.8, 4) is 11.1 Å². The lowest BCUT2D eigenvalue weighted by atomic mass is 9.82. The van der Waals surface area contributed by atoms with Crippen LogP contribution in [0.1, 0.15) is 52.9 Å². The van der Waals surface area contributed by atoms with Crippen molar-refractivity contribution in [3.63, 3.8) is 0 Å². The van der Waals surface area contributed by atoms with Gasteiger partial charge in [0, 0.05) is 37.7 Å². The van der Waals surface area contributed by atoms with Crippen molar-refractivity contribution >= 4 is 49.6 Å². The highest BCUT2D eigenvalue weighted by molar-refractivity contribution is 7.19. The van der Waals surface area contributed by atoms with Gasteiger partial charge in [-0.1, -0.05) is 105 Å². The van der Waals surface area contributed by atoms with Crippen molar-refractivity contribution < 1.29 is 0 Å². The Morgan fingerprint density at radius 2 is 1.54 bits per heavy atom. The molecule has 1 unspecified atom stereocenters. The Morgan fingerprint density at radius 3 is 2.46 bits per heavy atom. The molecule has 6 aromatic rings. The molecule has 2 atom stereocenters. The van der Waals surface area contributed by atoms with E-state index in [0.717, 1.165) is 0 Å². The van der Waals surface area contributed by atoms with Crippen molar-refractivity contribution in [1.29, 1.82) is 0 Å². The Morgan fingerprint density at radius 1 is 0.744 bits per heavy atom. The van der Waals surface area contributed by atoms with Crippen LogP contribution in [0, 0.1) is 0 Å². The second-order valence-electron chi connectivity index (χ2n) is 11.7. The van der Waals surface area contributed by atoms with Crippen molar-refractivity contribution in [2.75, 3.05) is 4.90 Å². The Hall–Kier alpha value is -4.14. The van der Waals surface area contributed by atoms with Crippen LogP contribution in [0.25, 0.3) is 38.1 Å². The molecule has 1 aliphatic heterocycles. The van der Waals surface area contributed by atoms with Gasteiger partial charge in [-0.2, -0.15) is 0 Å². The molecule has 3 aliphatic rings. The van der Waals surface area contributed by atoms with E-state index in [1.165, 1.54) is 70.5 Å². The summed E-state index contributed by atoms with van der Waals surface area (Å²) in [6.45, 7) is 4.76. The highest BCUT2D eigenvalue weighted by Crippen LogP contribution is 2.60. The largest absolute Gasteiger partial charge is 0.332 e. The minimum atomic E-state index is 0.0105. The zero-order chi connectivity index (χ0) is 25.9. The monoisotopic (exact) mass is 517 g/mol. The number of hydrogen-bond donors (Lipinski definition) is 0. The number of fused-ring (bicyclic) bond motifs is 12. The van der Waals surface area contributed by atoms with E-state index in [9.17, 15) is 0 Å². The molecule has 2 aliphatic carbocycles. The topological polar surface area (TPSA) is 3.24 Å². The molecule has 0 fully saturated rings. The van der Waals surface area contributed by atoms with E-state index in [4.69, 9.17) is 0 Å². The van der Waals surface area contributed by atoms with Gasteiger partial charge < -0.3 is 4.90 Å². The molecule has 0 radical (unpaired) electrons. The van der Waals surface area contributed by atoms with Crippen LogP contribution in [0.3, 0.4) is 0 Å². The van der Waals surface area contributed by atoms with Crippen LogP contribution in [-0.4, -0.2) is 0 Å². The zero-order valence-electron chi connectivity index (χ0n) is 22.0. The van der Waals surface area contributed by atoms with E-state index >= 15 is 0 Å². The molecule has 1 aromatic heterocycles. The standard InChI is InChI=1S/C37H27NS/c1-37(2)29-13-7-5-12-27(29)33-30(37)19-20-32-34(33)28-18-17-26-25-11-6-8-14-31(25)38(35(26)36(28)39-32)24-16-15-22-9-3-4-10-23(22)21-24/h3-21,26,35H,1-2H3/t26?,35-/m0/s1. The molecule has 5 aromatic carbocycles. The molecule has 0 spiro atoms. The maximum absolute atomic E-state index is 2.61. The number of para-hydroxylation sites is 1. The van der Waals surface area contributed by atoms with E-state index < -0.39 is 0 Å². The van der Waals surface area contributed by atoms with Gasteiger partial charge in [0.2, 0.25) is 0 Å². The summed E-state index contributed by atoms with van der Waals surface area (Å²) in [5.41, 5.74) is 11.2. The van der Waals surface area contributed by atoms with Gasteiger partial charge in [-0.15, -0.1) is 11.3 Å². The molecule has 9 rings (SSSR count).